The SMILES string of the molecule is COc1cc2c(cc1NS(=O)(=O)O)CCN(Cc1cc(OC)c(OC)c(OC)c1)C2C. The highest BCUT2D eigenvalue weighted by Gasteiger charge is 2.27. The number of nitrogens with zero attached hydrogens (tertiary/aromatic N) is 1. The first-order chi connectivity index (χ1) is 14.7. The molecule has 10 heteroatoms. The second kappa shape index (κ2) is 9.21. The van der Waals surface area contributed by atoms with Crippen LogP contribution < -0.4 is 23.7 Å². The summed E-state index contributed by atoms with van der Waals surface area (Å²) in [6.07, 6.45) is 0.717. The van der Waals surface area contributed by atoms with Crippen molar-refractivity contribution in [2.75, 3.05) is 39.7 Å². The number of hydrogen-bond donors (Lipinski definition) is 2. The van der Waals surface area contributed by atoms with Crippen LogP contribution in [0.25, 0.3) is 0 Å². The largest absolute Gasteiger partial charge is 0.495 e. The molecule has 1 unspecified atom stereocenters. The smallest absolute Gasteiger partial charge is 0.357 e. The molecule has 0 spiro atoms. The number of anilines is 1. The lowest BCUT2D eigenvalue weighted by Gasteiger charge is -2.36. The van der Waals surface area contributed by atoms with Crippen LogP contribution in [-0.4, -0.2) is 52.9 Å². The minimum absolute atomic E-state index is 0.0523. The van der Waals surface area contributed by atoms with Crippen molar-refractivity contribution >= 4 is 16.0 Å². The molecule has 0 amide bonds. The van der Waals surface area contributed by atoms with Crippen molar-refractivity contribution in [1.29, 1.82) is 0 Å². The van der Waals surface area contributed by atoms with Gasteiger partial charge >= 0.3 is 10.3 Å². The minimum atomic E-state index is -4.39. The normalized spacial score (nSPS) is 16.4. The third-order valence-electron chi connectivity index (χ3n) is 5.48. The predicted octanol–water partition coefficient (Wildman–Crippen LogP) is 3.06. The molecule has 0 saturated carbocycles. The maximum atomic E-state index is 11.3. The molecule has 0 fully saturated rings. The molecule has 1 heterocycles. The predicted molar refractivity (Wildman–Crippen MR) is 117 cm³/mol. The molecule has 3 rings (SSSR count). The van der Waals surface area contributed by atoms with Gasteiger partial charge in [0.05, 0.1) is 34.1 Å². The highest BCUT2D eigenvalue weighted by atomic mass is 32.2. The zero-order valence-corrected chi connectivity index (χ0v) is 19.1. The molecule has 2 aromatic rings. The Bertz CT molecular complexity index is 1030. The van der Waals surface area contributed by atoms with Crippen molar-refractivity contribution < 1.29 is 31.9 Å². The zero-order chi connectivity index (χ0) is 22.8. The molecule has 0 radical (unpaired) electrons. The fourth-order valence-electron chi connectivity index (χ4n) is 3.96. The molecule has 2 N–H and O–H groups in total. The molecule has 170 valence electrons. The third kappa shape index (κ3) is 4.97. The molecule has 31 heavy (non-hydrogen) atoms. The number of nitrogens with one attached hydrogen (secondary N) is 1. The van der Waals surface area contributed by atoms with Gasteiger partial charge in [0, 0.05) is 19.1 Å². The molecule has 0 aliphatic carbocycles. The topological polar surface area (TPSA) is 107 Å². The third-order valence-corrected chi connectivity index (χ3v) is 5.95. The number of hydrogen-bond acceptors (Lipinski definition) is 7. The molecule has 1 aliphatic heterocycles. The molecular weight excluding hydrogens is 424 g/mol. The van der Waals surface area contributed by atoms with E-state index < -0.39 is 10.3 Å². The van der Waals surface area contributed by atoms with Crippen LogP contribution in [0.4, 0.5) is 5.69 Å². The maximum absolute atomic E-state index is 11.3. The van der Waals surface area contributed by atoms with E-state index in [1.807, 2.05) is 18.2 Å². The zero-order valence-electron chi connectivity index (χ0n) is 18.3. The van der Waals surface area contributed by atoms with Crippen LogP contribution in [0.15, 0.2) is 24.3 Å². The van der Waals surface area contributed by atoms with E-state index in [-0.39, 0.29) is 11.7 Å². The fourth-order valence-corrected chi connectivity index (χ4v) is 4.40. The summed E-state index contributed by atoms with van der Waals surface area (Å²) in [5.74, 6) is 2.10. The van der Waals surface area contributed by atoms with Gasteiger partial charge in [0.2, 0.25) is 5.75 Å². The lowest BCUT2D eigenvalue weighted by atomic mass is 9.92. The van der Waals surface area contributed by atoms with Crippen LogP contribution in [0, 0.1) is 0 Å². The first-order valence-corrected chi connectivity index (χ1v) is 11.1. The summed E-state index contributed by atoms with van der Waals surface area (Å²) in [4.78, 5) is 2.30. The molecule has 9 nitrogen and oxygen atoms in total. The average molecular weight is 453 g/mol. The molecule has 0 aromatic heterocycles. The minimum Gasteiger partial charge on any atom is -0.495 e. The van der Waals surface area contributed by atoms with Crippen molar-refractivity contribution in [3.63, 3.8) is 0 Å². The van der Waals surface area contributed by atoms with E-state index in [1.54, 1.807) is 27.4 Å². The molecule has 1 atom stereocenters. The van der Waals surface area contributed by atoms with Gasteiger partial charge in [-0.15, -0.1) is 0 Å². The van der Waals surface area contributed by atoms with Crippen molar-refractivity contribution in [1.82, 2.24) is 4.90 Å². The highest BCUT2D eigenvalue weighted by Crippen LogP contribution is 2.41. The van der Waals surface area contributed by atoms with Gasteiger partial charge in [-0.05, 0) is 54.3 Å². The summed E-state index contributed by atoms with van der Waals surface area (Å²) >= 11 is 0. The Morgan fingerprint density at radius 2 is 1.61 bits per heavy atom. The highest BCUT2D eigenvalue weighted by molar-refractivity contribution is 7.87. The number of methoxy groups -OCH3 is 4. The molecule has 0 saturated heterocycles. The molecular formula is C21H28N2O7S. The Hall–Kier alpha value is -2.69. The van der Waals surface area contributed by atoms with Gasteiger partial charge in [-0.1, -0.05) is 0 Å². The van der Waals surface area contributed by atoms with Crippen LogP contribution >= 0.6 is 0 Å². The monoisotopic (exact) mass is 452 g/mol. The summed E-state index contributed by atoms with van der Waals surface area (Å²) in [7, 11) is 1.81. The molecule has 2 aromatic carbocycles. The first-order valence-electron chi connectivity index (χ1n) is 9.69. The van der Waals surface area contributed by atoms with E-state index in [0.717, 1.165) is 23.2 Å². The summed E-state index contributed by atoms with van der Waals surface area (Å²) < 4.78 is 55.4. The molecule has 1 aliphatic rings. The molecule has 0 bridgehead atoms. The Labute approximate surface area is 182 Å². The van der Waals surface area contributed by atoms with E-state index in [9.17, 15) is 8.42 Å². The Balaban J connectivity index is 1.90. The standard InChI is InChI=1S/C21H28N2O7S/c1-13-16-11-18(27-2)17(22-31(24,25)26)10-15(16)6-7-23(13)12-14-8-19(28-3)21(30-5)20(9-14)29-4/h8-11,13,22H,6-7,12H2,1-5H3,(H,24,25,26). The Kier molecular flexibility index (Phi) is 6.83. The fraction of sp³-hybridized carbons (Fsp3) is 0.429. The maximum Gasteiger partial charge on any atom is 0.357 e. The van der Waals surface area contributed by atoms with Crippen LogP contribution in [0.1, 0.15) is 29.7 Å². The summed E-state index contributed by atoms with van der Waals surface area (Å²) in [6, 6.07) is 7.45. The first kappa shape index (κ1) is 23.0. The summed E-state index contributed by atoms with van der Waals surface area (Å²) in [6.45, 7) is 3.51. The average Bonchev–Trinajstić information content (AvgIpc) is 2.73. The Morgan fingerprint density at radius 3 is 2.13 bits per heavy atom. The van der Waals surface area contributed by atoms with E-state index in [4.69, 9.17) is 23.5 Å². The van der Waals surface area contributed by atoms with Gasteiger partial charge < -0.3 is 18.9 Å². The van der Waals surface area contributed by atoms with Crippen LogP contribution in [0.5, 0.6) is 23.0 Å². The van der Waals surface area contributed by atoms with Gasteiger partial charge in [0.1, 0.15) is 5.75 Å². The number of rotatable bonds is 8. The van der Waals surface area contributed by atoms with Gasteiger partial charge in [-0.2, -0.15) is 8.42 Å². The van der Waals surface area contributed by atoms with E-state index in [0.29, 0.717) is 36.0 Å². The van der Waals surface area contributed by atoms with Crippen molar-refractivity contribution in [2.24, 2.45) is 0 Å². The quantitative estimate of drug-likeness (QED) is 0.589. The number of fused-ring (bicyclic) bond motifs is 1. The van der Waals surface area contributed by atoms with Crippen molar-refractivity contribution in [3.8, 4) is 23.0 Å². The van der Waals surface area contributed by atoms with Crippen LogP contribution in [0.2, 0.25) is 0 Å². The summed E-state index contributed by atoms with van der Waals surface area (Å²) in [5.41, 5.74) is 3.27. The van der Waals surface area contributed by atoms with E-state index >= 15 is 0 Å². The number of benzene rings is 2. The van der Waals surface area contributed by atoms with Crippen LogP contribution in [-0.2, 0) is 23.3 Å². The van der Waals surface area contributed by atoms with E-state index in [1.165, 1.54) is 7.11 Å². The van der Waals surface area contributed by atoms with Crippen molar-refractivity contribution in [2.45, 2.75) is 25.9 Å². The number of ether oxygens (including phenoxy) is 4. The lowest BCUT2D eigenvalue weighted by Crippen LogP contribution is -2.33. The van der Waals surface area contributed by atoms with Crippen LogP contribution in [0.3, 0.4) is 0 Å². The van der Waals surface area contributed by atoms with Gasteiger partial charge in [0.15, 0.2) is 11.5 Å². The van der Waals surface area contributed by atoms with Gasteiger partial charge in [0.25, 0.3) is 0 Å². The summed E-state index contributed by atoms with van der Waals surface area (Å²) in [5, 5.41) is 0. The second-order valence-electron chi connectivity index (χ2n) is 7.26. The van der Waals surface area contributed by atoms with Gasteiger partial charge in [-0.25, -0.2) is 0 Å². The van der Waals surface area contributed by atoms with E-state index in [2.05, 4.69) is 16.5 Å². The Morgan fingerprint density at radius 1 is 1.00 bits per heavy atom. The van der Waals surface area contributed by atoms with Gasteiger partial charge in [-0.3, -0.25) is 14.2 Å². The van der Waals surface area contributed by atoms with Crippen molar-refractivity contribution in [3.05, 3.63) is 41.0 Å². The second-order valence-corrected chi connectivity index (χ2v) is 8.41. The lowest BCUT2D eigenvalue weighted by molar-refractivity contribution is 0.188.